The molecule has 0 heterocycles. The van der Waals surface area contributed by atoms with Crippen LogP contribution in [0.5, 0.6) is 0 Å². The first kappa shape index (κ1) is 16.0. The van der Waals surface area contributed by atoms with E-state index in [1.165, 1.54) is 6.26 Å². The Kier molecular flexibility index (Phi) is 4.71. The summed E-state index contributed by atoms with van der Waals surface area (Å²) in [4.78, 5) is 12.5. The summed E-state index contributed by atoms with van der Waals surface area (Å²) in [5, 5.41) is 2.69. The van der Waals surface area contributed by atoms with Crippen molar-refractivity contribution < 1.29 is 13.2 Å². The Morgan fingerprint density at radius 3 is 2.38 bits per heavy atom. The summed E-state index contributed by atoms with van der Waals surface area (Å²) in [5.74, 6) is -0.0928. The minimum absolute atomic E-state index is 0.0509. The fraction of sp³-hybridized carbons (Fsp3) is 0.562. The van der Waals surface area contributed by atoms with Crippen LogP contribution >= 0.6 is 0 Å². The van der Waals surface area contributed by atoms with Crippen LogP contribution in [0.2, 0.25) is 0 Å². The zero-order valence-electron chi connectivity index (χ0n) is 12.8. The van der Waals surface area contributed by atoms with E-state index < -0.39 is 9.84 Å². The first-order valence-corrected chi connectivity index (χ1v) is 9.30. The van der Waals surface area contributed by atoms with Crippen LogP contribution in [0.1, 0.15) is 47.2 Å². The highest BCUT2D eigenvalue weighted by Gasteiger charge is 2.30. The molecular formula is C16H23NO3S. The van der Waals surface area contributed by atoms with E-state index in [1.54, 1.807) is 0 Å². The molecule has 0 radical (unpaired) electrons. The lowest BCUT2D eigenvalue weighted by Crippen LogP contribution is -2.42. The molecule has 2 rings (SSSR count). The SMILES string of the molecule is Cc1cccc(C)c1C(=O)N[C@H]1CCC[C@H](S(C)(=O)=O)C1. The number of amides is 1. The summed E-state index contributed by atoms with van der Waals surface area (Å²) < 4.78 is 23.4. The summed E-state index contributed by atoms with van der Waals surface area (Å²) in [6.45, 7) is 3.84. The second-order valence-electron chi connectivity index (χ2n) is 6.06. The molecule has 1 fully saturated rings. The van der Waals surface area contributed by atoms with Gasteiger partial charge in [-0.2, -0.15) is 0 Å². The number of nitrogens with one attached hydrogen (secondary N) is 1. The molecule has 116 valence electrons. The van der Waals surface area contributed by atoms with Crippen molar-refractivity contribution in [2.75, 3.05) is 6.26 Å². The maximum absolute atomic E-state index is 12.5. The zero-order valence-corrected chi connectivity index (χ0v) is 13.7. The van der Waals surface area contributed by atoms with Crippen LogP contribution in [0, 0.1) is 13.8 Å². The summed E-state index contributed by atoms with van der Waals surface area (Å²) in [5.41, 5.74) is 2.60. The summed E-state index contributed by atoms with van der Waals surface area (Å²) in [6.07, 6.45) is 4.20. The fourth-order valence-corrected chi connectivity index (χ4v) is 4.27. The van der Waals surface area contributed by atoms with E-state index in [0.29, 0.717) is 18.4 Å². The number of benzene rings is 1. The van der Waals surface area contributed by atoms with E-state index in [0.717, 1.165) is 24.0 Å². The van der Waals surface area contributed by atoms with Crippen molar-refractivity contribution in [1.29, 1.82) is 0 Å². The van der Waals surface area contributed by atoms with Gasteiger partial charge < -0.3 is 5.32 Å². The van der Waals surface area contributed by atoms with E-state index >= 15 is 0 Å². The van der Waals surface area contributed by atoms with Gasteiger partial charge in [0.25, 0.3) is 5.91 Å². The maximum Gasteiger partial charge on any atom is 0.252 e. The van der Waals surface area contributed by atoms with Crippen LogP contribution in [-0.2, 0) is 9.84 Å². The molecule has 0 bridgehead atoms. The molecule has 1 N–H and O–H groups in total. The molecule has 0 saturated heterocycles. The van der Waals surface area contributed by atoms with Crippen molar-refractivity contribution in [2.24, 2.45) is 0 Å². The fourth-order valence-electron chi connectivity index (χ4n) is 3.10. The van der Waals surface area contributed by atoms with Crippen molar-refractivity contribution in [3.63, 3.8) is 0 Å². The van der Waals surface area contributed by atoms with Gasteiger partial charge in [-0.25, -0.2) is 8.42 Å². The van der Waals surface area contributed by atoms with Crippen molar-refractivity contribution in [2.45, 2.75) is 50.8 Å². The second-order valence-corrected chi connectivity index (χ2v) is 8.38. The Morgan fingerprint density at radius 2 is 1.81 bits per heavy atom. The van der Waals surface area contributed by atoms with Crippen molar-refractivity contribution in [1.82, 2.24) is 5.32 Å². The third-order valence-corrected chi connectivity index (χ3v) is 5.91. The van der Waals surface area contributed by atoms with Crippen molar-refractivity contribution in [3.05, 3.63) is 34.9 Å². The smallest absolute Gasteiger partial charge is 0.252 e. The van der Waals surface area contributed by atoms with Gasteiger partial charge in [-0.05, 0) is 44.2 Å². The highest BCUT2D eigenvalue weighted by molar-refractivity contribution is 7.91. The predicted molar refractivity (Wildman–Crippen MR) is 84.3 cm³/mol. The minimum Gasteiger partial charge on any atom is -0.349 e. The van der Waals surface area contributed by atoms with E-state index in [1.807, 2.05) is 32.0 Å². The second kappa shape index (κ2) is 6.18. The van der Waals surface area contributed by atoms with E-state index in [4.69, 9.17) is 0 Å². The van der Waals surface area contributed by atoms with E-state index in [2.05, 4.69) is 5.32 Å². The van der Waals surface area contributed by atoms with Gasteiger partial charge in [-0.1, -0.05) is 24.6 Å². The molecule has 1 saturated carbocycles. The van der Waals surface area contributed by atoms with Crippen LogP contribution in [0.4, 0.5) is 0 Å². The lowest BCUT2D eigenvalue weighted by molar-refractivity contribution is 0.0926. The van der Waals surface area contributed by atoms with Gasteiger partial charge in [0.1, 0.15) is 9.84 Å². The molecule has 0 unspecified atom stereocenters. The van der Waals surface area contributed by atoms with E-state index in [-0.39, 0.29) is 17.2 Å². The molecule has 2 atom stereocenters. The number of aryl methyl sites for hydroxylation is 2. The number of carbonyl (C=O) groups excluding carboxylic acids is 1. The quantitative estimate of drug-likeness (QED) is 0.932. The third-order valence-electron chi connectivity index (χ3n) is 4.27. The highest BCUT2D eigenvalue weighted by Crippen LogP contribution is 2.24. The molecule has 21 heavy (non-hydrogen) atoms. The van der Waals surface area contributed by atoms with Gasteiger partial charge >= 0.3 is 0 Å². The Balaban J connectivity index is 2.10. The standard InChI is InChI=1S/C16H23NO3S/c1-11-6-4-7-12(2)15(11)16(18)17-13-8-5-9-14(10-13)21(3,19)20/h4,6-7,13-14H,5,8-10H2,1-3H3,(H,17,18)/t13-,14-/m0/s1. The Hall–Kier alpha value is -1.36. The van der Waals surface area contributed by atoms with Crippen molar-refractivity contribution in [3.8, 4) is 0 Å². The van der Waals surface area contributed by atoms with Crippen molar-refractivity contribution >= 4 is 15.7 Å². The summed E-state index contributed by atoms with van der Waals surface area (Å²) in [6, 6.07) is 5.72. The number of hydrogen-bond donors (Lipinski definition) is 1. The Labute approximate surface area is 126 Å². The molecule has 1 aromatic carbocycles. The average molecular weight is 309 g/mol. The predicted octanol–water partition coefficient (Wildman–Crippen LogP) is 2.39. The summed E-state index contributed by atoms with van der Waals surface area (Å²) in [7, 11) is -3.03. The van der Waals surface area contributed by atoms with Crippen LogP contribution in [0.3, 0.4) is 0 Å². The van der Waals surface area contributed by atoms with E-state index in [9.17, 15) is 13.2 Å². The molecule has 0 aliphatic heterocycles. The molecule has 4 nitrogen and oxygen atoms in total. The number of rotatable bonds is 3. The van der Waals surface area contributed by atoms with Gasteiger partial charge in [0.05, 0.1) is 5.25 Å². The zero-order chi connectivity index (χ0) is 15.6. The van der Waals surface area contributed by atoms with Crippen LogP contribution < -0.4 is 5.32 Å². The Morgan fingerprint density at radius 1 is 1.19 bits per heavy atom. The molecule has 0 aromatic heterocycles. The molecule has 1 aliphatic carbocycles. The van der Waals surface area contributed by atoms with Gasteiger partial charge in [0, 0.05) is 17.9 Å². The lowest BCUT2D eigenvalue weighted by atomic mass is 9.94. The summed E-state index contributed by atoms with van der Waals surface area (Å²) >= 11 is 0. The largest absolute Gasteiger partial charge is 0.349 e. The molecule has 0 spiro atoms. The van der Waals surface area contributed by atoms with Crippen LogP contribution in [0.25, 0.3) is 0 Å². The normalized spacial score (nSPS) is 22.8. The minimum atomic E-state index is -3.03. The van der Waals surface area contributed by atoms with Crippen LogP contribution in [-0.4, -0.2) is 31.9 Å². The molecular weight excluding hydrogens is 286 g/mol. The number of sulfone groups is 1. The molecule has 1 amide bonds. The van der Waals surface area contributed by atoms with Gasteiger partial charge in [0.15, 0.2) is 0 Å². The molecule has 1 aromatic rings. The Bertz CT molecular complexity index is 617. The monoisotopic (exact) mass is 309 g/mol. The number of carbonyl (C=O) groups is 1. The first-order chi connectivity index (χ1) is 9.79. The maximum atomic E-state index is 12.5. The lowest BCUT2D eigenvalue weighted by Gasteiger charge is -2.29. The highest BCUT2D eigenvalue weighted by atomic mass is 32.2. The topological polar surface area (TPSA) is 63.2 Å². The molecule has 5 heteroatoms. The van der Waals surface area contributed by atoms with Gasteiger partial charge in [0.2, 0.25) is 0 Å². The van der Waals surface area contributed by atoms with Gasteiger partial charge in [-0.15, -0.1) is 0 Å². The average Bonchev–Trinajstić information content (AvgIpc) is 2.37. The number of hydrogen-bond acceptors (Lipinski definition) is 3. The first-order valence-electron chi connectivity index (χ1n) is 7.35. The third kappa shape index (κ3) is 3.84. The van der Waals surface area contributed by atoms with Gasteiger partial charge in [-0.3, -0.25) is 4.79 Å². The van der Waals surface area contributed by atoms with Crippen LogP contribution in [0.15, 0.2) is 18.2 Å². The molecule has 1 aliphatic rings.